The number of amides is 1. The molecule has 268 valence electrons. The highest BCUT2D eigenvalue weighted by Crippen LogP contribution is 2.38. The van der Waals surface area contributed by atoms with Gasteiger partial charge in [-0.2, -0.15) is 5.26 Å². The van der Waals surface area contributed by atoms with Gasteiger partial charge in [-0.3, -0.25) is 0 Å². The number of unbranched alkanes of at least 4 members (excludes halogenated alkanes) is 1. The van der Waals surface area contributed by atoms with E-state index in [1.165, 1.54) is 5.56 Å². The number of nitriles is 1. The summed E-state index contributed by atoms with van der Waals surface area (Å²) >= 11 is 0. The predicted molar refractivity (Wildman–Crippen MR) is 195 cm³/mol. The minimum Gasteiger partial charge on any atom is -0.496 e. The van der Waals surface area contributed by atoms with Gasteiger partial charge in [-0.25, -0.2) is 4.79 Å². The number of likely N-dealkylation sites (tertiary alicyclic amines) is 1. The number of carbonyl (C=O) groups is 1. The summed E-state index contributed by atoms with van der Waals surface area (Å²) in [6.45, 7) is 9.26. The number of piperidine rings is 1. The number of hydrogen-bond acceptors (Lipinski definition) is 8. The Balaban J connectivity index is 1.25. The summed E-state index contributed by atoms with van der Waals surface area (Å²) in [6, 6.07) is 25.0. The van der Waals surface area contributed by atoms with Crippen LogP contribution >= 0.6 is 0 Å². The van der Waals surface area contributed by atoms with Crippen LogP contribution < -0.4 is 14.8 Å². The van der Waals surface area contributed by atoms with E-state index in [1.807, 2.05) is 57.2 Å². The lowest BCUT2D eigenvalue weighted by atomic mass is 9.86. The minimum atomic E-state index is -0.586. The second-order valence-corrected chi connectivity index (χ2v) is 14.1. The van der Waals surface area contributed by atoms with Crippen molar-refractivity contribution in [3.63, 3.8) is 0 Å². The van der Waals surface area contributed by atoms with Crippen LogP contribution in [0.1, 0.15) is 93.6 Å². The van der Waals surface area contributed by atoms with Crippen LogP contribution in [0, 0.1) is 11.3 Å². The molecule has 0 aromatic heterocycles. The van der Waals surface area contributed by atoms with Gasteiger partial charge in [-0.1, -0.05) is 42.5 Å². The van der Waals surface area contributed by atoms with Crippen molar-refractivity contribution in [3.05, 3.63) is 89.0 Å². The maximum Gasteiger partial charge on any atom is 0.410 e. The number of nitrogens with one attached hydrogen (secondary N) is 1. The van der Waals surface area contributed by atoms with Crippen molar-refractivity contribution in [2.75, 3.05) is 45.3 Å². The largest absolute Gasteiger partial charge is 0.496 e. The number of methoxy groups -OCH3 is 1. The summed E-state index contributed by atoms with van der Waals surface area (Å²) in [4.78, 5) is 15.0. The Morgan fingerprint density at radius 1 is 1.06 bits per heavy atom. The number of aryl methyl sites for hydroxylation is 1. The molecule has 0 bridgehead atoms. The molecule has 9 heteroatoms. The molecule has 3 aromatic carbocycles. The number of para-hydroxylation sites is 1. The second kappa shape index (κ2) is 18.1. The number of nitrogens with zero attached hydrogens (tertiary/aromatic N) is 2. The molecule has 0 saturated carbocycles. The Morgan fingerprint density at radius 2 is 1.88 bits per heavy atom. The summed E-state index contributed by atoms with van der Waals surface area (Å²) in [7, 11) is 1.67. The van der Waals surface area contributed by atoms with Crippen LogP contribution in [0.2, 0.25) is 0 Å². The molecule has 0 radical (unpaired) electrons. The molecular formula is C41H53N3O6. The van der Waals surface area contributed by atoms with Gasteiger partial charge in [0.25, 0.3) is 0 Å². The number of hydrogen-bond donors (Lipinski definition) is 1. The first kappa shape index (κ1) is 37.0. The standard InChI is InChI=1S/C41H53N3O6/c1-41(2,3)50-40(45)44-24-21-35(30-17-19-34(20-18-30)48-26-10-25-47-29-33-11-5-6-13-37(33)46-4)39(28-44)49-38(14-7-8-22-42)32-16-15-31-12-9-23-43-36(31)27-32/h5-6,11,13,15-20,27,35,38-39,43H,7-10,12,14,21,23-26,28-29H2,1-4H3/t35-,38?,39+/m1/s1. The predicted octanol–water partition coefficient (Wildman–Crippen LogP) is 8.58. The van der Waals surface area contributed by atoms with Crippen LogP contribution in [-0.4, -0.2) is 62.7 Å². The van der Waals surface area contributed by atoms with Crippen molar-refractivity contribution in [1.82, 2.24) is 4.90 Å². The van der Waals surface area contributed by atoms with Gasteiger partial charge in [-0.05, 0) is 93.8 Å². The third-order valence-corrected chi connectivity index (χ3v) is 9.21. The van der Waals surface area contributed by atoms with E-state index >= 15 is 0 Å². The molecule has 0 spiro atoms. The molecule has 5 rings (SSSR count). The normalized spacial score (nSPS) is 17.9. The van der Waals surface area contributed by atoms with Gasteiger partial charge in [0.1, 0.15) is 17.1 Å². The van der Waals surface area contributed by atoms with Crippen LogP contribution in [0.25, 0.3) is 0 Å². The number of anilines is 1. The molecule has 3 aromatic rings. The zero-order valence-electron chi connectivity index (χ0n) is 30.1. The highest BCUT2D eigenvalue weighted by atomic mass is 16.6. The lowest BCUT2D eigenvalue weighted by Gasteiger charge is -2.40. The Hall–Kier alpha value is -4.26. The molecule has 9 nitrogen and oxygen atoms in total. The van der Waals surface area contributed by atoms with Crippen molar-refractivity contribution in [1.29, 1.82) is 5.26 Å². The van der Waals surface area contributed by atoms with E-state index in [9.17, 15) is 10.1 Å². The lowest BCUT2D eigenvalue weighted by molar-refractivity contribution is -0.0679. The van der Waals surface area contributed by atoms with E-state index in [1.54, 1.807) is 12.0 Å². The second-order valence-electron chi connectivity index (χ2n) is 14.1. The highest BCUT2D eigenvalue weighted by Gasteiger charge is 2.37. The average Bonchev–Trinajstić information content (AvgIpc) is 3.12. The SMILES string of the molecule is COc1ccccc1COCCCOc1ccc([C@H]2CCN(C(=O)OC(C)(C)C)C[C@@H]2OC(CCCC#N)c2ccc3c(c2)NCCC3)cc1. The van der Waals surface area contributed by atoms with Gasteiger partial charge in [-0.15, -0.1) is 0 Å². The fraction of sp³-hybridized carbons (Fsp3) is 0.512. The molecule has 3 atom stereocenters. The smallest absolute Gasteiger partial charge is 0.410 e. The zero-order chi connectivity index (χ0) is 35.3. The van der Waals surface area contributed by atoms with E-state index in [0.29, 0.717) is 39.3 Å². The quantitative estimate of drug-likeness (QED) is 0.159. The van der Waals surface area contributed by atoms with Gasteiger partial charge >= 0.3 is 6.09 Å². The van der Waals surface area contributed by atoms with Gasteiger partial charge in [0.05, 0.1) is 51.8 Å². The molecule has 50 heavy (non-hydrogen) atoms. The first-order valence-corrected chi connectivity index (χ1v) is 18.0. The van der Waals surface area contributed by atoms with Crippen LogP contribution in [0.4, 0.5) is 10.5 Å². The number of ether oxygens (including phenoxy) is 5. The minimum absolute atomic E-state index is 0.0698. The molecule has 1 saturated heterocycles. The number of fused-ring (bicyclic) bond motifs is 1. The van der Waals surface area contributed by atoms with Crippen molar-refractivity contribution >= 4 is 11.8 Å². The Labute approximate surface area is 297 Å². The van der Waals surface area contributed by atoms with E-state index in [2.05, 4.69) is 41.7 Å². The van der Waals surface area contributed by atoms with E-state index in [0.717, 1.165) is 78.9 Å². The first-order chi connectivity index (χ1) is 24.2. The van der Waals surface area contributed by atoms with Gasteiger partial charge in [0, 0.05) is 43.1 Å². The monoisotopic (exact) mass is 683 g/mol. The highest BCUT2D eigenvalue weighted by molar-refractivity contribution is 5.68. The number of benzene rings is 3. The number of rotatable bonds is 15. The van der Waals surface area contributed by atoms with Crippen molar-refractivity contribution in [2.24, 2.45) is 0 Å². The molecular weight excluding hydrogens is 630 g/mol. The molecule has 2 aliphatic rings. The molecule has 1 amide bonds. The third-order valence-electron chi connectivity index (χ3n) is 9.21. The molecule has 2 heterocycles. The third kappa shape index (κ3) is 10.6. The molecule has 1 N–H and O–H groups in total. The van der Waals surface area contributed by atoms with Gasteiger partial charge in [0.15, 0.2) is 0 Å². The Morgan fingerprint density at radius 3 is 2.66 bits per heavy atom. The summed E-state index contributed by atoms with van der Waals surface area (Å²) in [5.74, 6) is 1.70. The van der Waals surface area contributed by atoms with Crippen molar-refractivity contribution in [2.45, 2.75) is 96.1 Å². The molecule has 1 unspecified atom stereocenters. The zero-order valence-corrected chi connectivity index (χ0v) is 30.1. The maximum absolute atomic E-state index is 13.2. The van der Waals surface area contributed by atoms with Gasteiger partial charge < -0.3 is 33.9 Å². The van der Waals surface area contributed by atoms with E-state index < -0.39 is 5.60 Å². The summed E-state index contributed by atoms with van der Waals surface area (Å²) in [5.41, 5.74) is 5.17. The average molecular weight is 684 g/mol. The first-order valence-electron chi connectivity index (χ1n) is 18.0. The number of carbonyl (C=O) groups excluding carboxylic acids is 1. The van der Waals surface area contributed by atoms with Crippen LogP contribution in [0.15, 0.2) is 66.7 Å². The Bertz CT molecular complexity index is 1560. The van der Waals surface area contributed by atoms with Crippen LogP contribution in [0.5, 0.6) is 11.5 Å². The molecule has 2 aliphatic heterocycles. The molecule has 0 aliphatic carbocycles. The fourth-order valence-corrected chi connectivity index (χ4v) is 6.66. The lowest BCUT2D eigenvalue weighted by Crippen LogP contribution is -2.48. The van der Waals surface area contributed by atoms with Gasteiger partial charge in [0.2, 0.25) is 0 Å². The topological polar surface area (TPSA) is 102 Å². The fourth-order valence-electron chi connectivity index (χ4n) is 6.66. The maximum atomic E-state index is 13.2. The molecule has 1 fully saturated rings. The van der Waals surface area contributed by atoms with E-state index in [-0.39, 0.29) is 24.2 Å². The van der Waals surface area contributed by atoms with Crippen LogP contribution in [0.3, 0.4) is 0 Å². The summed E-state index contributed by atoms with van der Waals surface area (Å²) in [6.07, 6.45) is 4.82. The summed E-state index contributed by atoms with van der Waals surface area (Å²) in [5, 5.41) is 12.9. The van der Waals surface area contributed by atoms with Crippen LogP contribution in [-0.2, 0) is 27.2 Å². The van der Waals surface area contributed by atoms with E-state index in [4.69, 9.17) is 23.7 Å². The Kier molecular flexibility index (Phi) is 13.4. The van der Waals surface area contributed by atoms with Crippen molar-refractivity contribution in [3.8, 4) is 17.6 Å². The summed E-state index contributed by atoms with van der Waals surface area (Å²) < 4.78 is 30.1. The van der Waals surface area contributed by atoms with Crippen molar-refractivity contribution < 1.29 is 28.5 Å².